The van der Waals surface area contributed by atoms with Crippen LogP contribution in [0, 0.1) is 5.82 Å². The average molecular weight is 412 g/mol. The Morgan fingerprint density at radius 1 is 0.903 bits per heavy atom. The van der Waals surface area contributed by atoms with Crippen LogP contribution in [0.5, 0.6) is 0 Å². The molecule has 0 spiro atoms. The SMILES string of the molecule is CC(CC(=O)c1cc(=O)[nH]c(-c2ccccc2)n1)c1cccc(-c2ccc(F)cc2)c1. The summed E-state index contributed by atoms with van der Waals surface area (Å²) in [6.07, 6.45) is 0.220. The summed E-state index contributed by atoms with van der Waals surface area (Å²) in [5, 5.41) is 0. The van der Waals surface area contributed by atoms with Crippen LogP contribution in [0.15, 0.2) is 89.7 Å². The Morgan fingerprint density at radius 3 is 2.35 bits per heavy atom. The number of hydrogen-bond acceptors (Lipinski definition) is 3. The first-order valence-corrected chi connectivity index (χ1v) is 10.1. The number of carbonyl (C=O) groups excluding carboxylic acids is 1. The Balaban J connectivity index is 1.55. The predicted octanol–water partition coefficient (Wildman–Crippen LogP) is 5.62. The fourth-order valence-corrected chi connectivity index (χ4v) is 3.50. The summed E-state index contributed by atoms with van der Waals surface area (Å²) < 4.78 is 13.2. The van der Waals surface area contributed by atoms with Crippen LogP contribution in [0.2, 0.25) is 0 Å². The standard InChI is InChI=1S/C26H21FN2O2/c1-17(20-8-5-9-21(15-20)18-10-12-22(27)13-11-18)14-24(30)23-16-25(31)29-26(28-23)19-6-3-2-4-7-19/h2-13,15-17H,14H2,1H3,(H,28,29,31). The smallest absolute Gasteiger partial charge is 0.251 e. The van der Waals surface area contributed by atoms with Crippen molar-refractivity contribution in [1.29, 1.82) is 0 Å². The van der Waals surface area contributed by atoms with E-state index < -0.39 is 0 Å². The molecule has 0 amide bonds. The van der Waals surface area contributed by atoms with Gasteiger partial charge in [0.2, 0.25) is 0 Å². The molecule has 1 heterocycles. The van der Waals surface area contributed by atoms with Crippen molar-refractivity contribution in [1.82, 2.24) is 9.97 Å². The molecule has 154 valence electrons. The van der Waals surface area contributed by atoms with E-state index in [-0.39, 0.29) is 35.2 Å². The first kappa shape index (κ1) is 20.4. The van der Waals surface area contributed by atoms with E-state index in [4.69, 9.17) is 0 Å². The van der Waals surface area contributed by atoms with Gasteiger partial charge in [0.05, 0.1) is 0 Å². The van der Waals surface area contributed by atoms with E-state index in [1.165, 1.54) is 18.2 Å². The second-order valence-corrected chi connectivity index (χ2v) is 7.51. The number of nitrogens with one attached hydrogen (secondary N) is 1. The van der Waals surface area contributed by atoms with Crippen LogP contribution in [0.1, 0.15) is 35.3 Å². The molecule has 0 bridgehead atoms. The summed E-state index contributed by atoms with van der Waals surface area (Å²) in [7, 11) is 0. The molecule has 1 aromatic heterocycles. The quantitative estimate of drug-likeness (QED) is 0.418. The molecule has 0 fully saturated rings. The largest absolute Gasteiger partial charge is 0.306 e. The second kappa shape index (κ2) is 8.88. The first-order chi connectivity index (χ1) is 15.0. The zero-order valence-corrected chi connectivity index (χ0v) is 17.0. The number of halogens is 1. The zero-order chi connectivity index (χ0) is 21.8. The Hall–Kier alpha value is -3.86. The third-order valence-corrected chi connectivity index (χ3v) is 5.20. The van der Waals surface area contributed by atoms with Gasteiger partial charge in [-0.15, -0.1) is 0 Å². The first-order valence-electron chi connectivity index (χ1n) is 10.1. The van der Waals surface area contributed by atoms with Crippen molar-refractivity contribution in [2.45, 2.75) is 19.3 Å². The molecule has 4 rings (SSSR count). The minimum Gasteiger partial charge on any atom is -0.306 e. The van der Waals surface area contributed by atoms with Crippen molar-refractivity contribution in [2.75, 3.05) is 0 Å². The molecular weight excluding hydrogens is 391 g/mol. The van der Waals surface area contributed by atoms with Crippen molar-refractivity contribution in [2.24, 2.45) is 0 Å². The molecule has 0 saturated carbocycles. The van der Waals surface area contributed by atoms with Crippen LogP contribution in [0.4, 0.5) is 4.39 Å². The lowest BCUT2D eigenvalue weighted by Gasteiger charge is -2.13. The molecule has 1 N–H and O–H groups in total. The van der Waals surface area contributed by atoms with E-state index in [2.05, 4.69) is 9.97 Å². The van der Waals surface area contributed by atoms with Crippen LogP contribution in [-0.2, 0) is 0 Å². The third kappa shape index (κ3) is 4.83. The van der Waals surface area contributed by atoms with Crippen molar-refractivity contribution >= 4 is 5.78 Å². The molecule has 3 aromatic carbocycles. The Morgan fingerprint density at radius 2 is 1.61 bits per heavy atom. The van der Waals surface area contributed by atoms with Gasteiger partial charge in [-0.25, -0.2) is 9.37 Å². The van der Waals surface area contributed by atoms with Gasteiger partial charge in [0, 0.05) is 18.1 Å². The van der Waals surface area contributed by atoms with E-state index >= 15 is 0 Å². The highest BCUT2D eigenvalue weighted by Crippen LogP contribution is 2.27. The van der Waals surface area contributed by atoms with Gasteiger partial charge in [-0.1, -0.05) is 73.7 Å². The maximum Gasteiger partial charge on any atom is 0.251 e. The maximum absolute atomic E-state index is 13.2. The summed E-state index contributed by atoms with van der Waals surface area (Å²) in [6.45, 7) is 1.97. The minimum absolute atomic E-state index is 0.0749. The lowest BCUT2D eigenvalue weighted by Crippen LogP contribution is -2.15. The van der Waals surface area contributed by atoms with Gasteiger partial charge >= 0.3 is 0 Å². The molecule has 1 atom stereocenters. The maximum atomic E-state index is 13.2. The fourth-order valence-electron chi connectivity index (χ4n) is 3.50. The lowest BCUT2D eigenvalue weighted by molar-refractivity contribution is 0.0970. The van der Waals surface area contributed by atoms with E-state index in [9.17, 15) is 14.0 Å². The molecule has 0 aliphatic heterocycles. The number of ketones is 1. The molecule has 4 aromatic rings. The molecule has 0 saturated heterocycles. The normalized spacial score (nSPS) is 11.8. The molecule has 0 aliphatic carbocycles. The topological polar surface area (TPSA) is 62.8 Å². The predicted molar refractivity (Wildman–Crippen MR) is 119 cm³/mol. The van der Waals surface area contributed by atoms with E-state index in [1.807, 2.05) is 61.5 Å². The van der Waals surface area contributed by atoms with Gasteiger partial charge in [-0.2, -0.15) is 0 Å². The van der Waals surface area contributed by atoms with Crippen molar-refractivity contribution < 1.29 is 9.18 Å². The molecular formula is C26H21FN2O2. The fraction of sp³-hybridized carbons (Fsp3) is 0.115. The van der Waals surface area contributed by atoms with E-state index in [0.29, 0.717) is 5.82 Å². The number of Topliss-reactive ketones (excluding diaryl/α,β-unsaturated/α-hetero) is 1. The summed E-state index contributed by atoms with van der Waals surface area (Å²) in [6, 6.07) is 24.6. The number of benzene rings is 3. The third-order valence-electron chi connectivity index (χ3n) is 5.20. The number of nitrogens with zero attached hydrogens (tertiary/aromatic N) is 1. The van der Waals surface area contributed by atoms with Gasteiger partial charge in [-0.05, 0) is 34.7 Å². The zero-order valence-electron chi connectivity index (χ0n) is 17.0. The van der Waals surface area contributed by atoms with Crippen LogP contribution in [0.25, 0.3) is 22.5 Å². The highest BCUT2D eigenvalue weighted by molar-refractivity contribution is 5.95. The number of H-pyrrole nitrogens is 1. The van der Waals surface area contributed by atoms with Crippen molar-refractivity contribution in [3.05, 3.63) is 112 Å². The van der Waals surface area contributed by atoms with Crippen LogP contribution >= 0.6 is 0 Å². The van der Waals surface area contributed by atoms with Crippen molar-refractivity contribution in [3.8, 4) is 22.5 Å². The summed E-state index contributed by atoms with van der Waals surface area (Å²) >= 11 is 0. The average Bonchev–Trinajstić information content (AvgIpc) is 2.80. The lowest BCUT2D eigenvalue weighted by atomic mass is 9.92. The Bertz CT molecular complexity index is 1260. The molecule has 1 unspecified atom stereocenters. The molecule has 0 aliphatic rings. The number of carbonyl (C=O) groups is 1. The van der Waals surface area contributed by atoms with Crippen LogP contribution < -0.4 is 5.56 Å². The van der Waals surface area contributed by atoms with E-state index in [0.717, 1.165) is 22.3 Å². The molecule has 4 nitrogen and oxygen atoms in total. The Kier molecular flexibility index (Phi) is 5.85. The van der Waals surface area contributed by atoms with Gasteiger partial charge in [0.15, 0.2) is 5.78 Å². The van der Waals surface area contributed by atoms with E-state index in [1.54, 1.807) is 12.1 Å². The number of aromatic amines is 1. The summed E-state index contributed by atoms with van der Waals surface area (Å²) in [5.74, 6) is -0.168. The summed E-state index contributed by atoms with van der Waals surface area (Å²) in [4.78, 5) is 32.1. The van der Waals surface area contributed by atoms with Gasteiger partial charge in [-0.3, -0.25) is 9.59 Å². The second-order valence-electron chi connectivity index (χ2n) is 7.51. The Labute approximate surface area is 179 Å². The number of rotatable bonds is 6. The highest BCUT2D eigenvalue weighted by atomic mass is 19.1. The molecule has 31 heavy (non-hydrogen) atoms. The number of hydrogen-bond donors (Lipinski definition) is 1. The van der Waals surface area contributed by atoms with Crippen molar-refractivity contribution in [3.63, 3.8) is 0 Å². The van der Waals surface area contributed by atoms with Gasteiger partial charge in [0.25, 0.3) is 5.56 Å². The number of aromatic nitrogens is 2. The molecule has 0 radical (unpaired) electrons. The van der Waals surface area contributed by atoms with Crippen LogP contribution in [-0.4, -0.2) is 15.8 Å². The van der Waals surface area contributed by atoms with Gasteiger partial charge < -0.3 is 4.98 Å². The highest BCUT2D eigenvalue weighted by Gasteiger charge is 2.17. The molecule has 5 heteroatoms. The van der Waals surface area contributed by atoms with Gasteiger partial charge in [0.1, 0.15) is 17.3 Å². The monoisotopic (exact) mass is 412 g/mol. The van der Waals surface area contributed by atoms with Crippen LogP contribution in [0.3, 0.4) is 0 Å². The summed E-state index contributed by atoms with van der Waals surface area (Å²) in [5.41, 5.74) is 3.40. The minimum atomic E-state index is -0.358.